The highest BCUT2D eigenvalue weighted by Crippen LogP contribution is 2.19. The Morgan fingerprint density at radius 1 is 1.26 bits per heavy atom. The van der Waals surface area contributed by atoms with Crippen LogP contribution < -0.4 is 4.72 Å². The van der Waals surface area contributed by atoms with Gasteiger partial charge in [-0.3, -0.25) is 0 Å². The molecule has 0 saturated carbocycles. The van der Waals surface area contributed by atoms with Gasteiger partial charge in [0, 0.05) is 10.5 Å². The van der Waals surface area contributed by atoms with Gasteiger partial charge in [0.2, 0.25) is 10.0 Å². The Morgan fingerprint density at radius 2 is 2.00 bits per heavy atom. The van der Waals surface area contributed by atoms with Crippen LogP contribution in [0.4, 0.5) is 0 Å². The van der Waals surface area contributed by atoms with E-state index in [4.69, 9.17) is 4.52 Å². The Morgan fingerprint density at radius 3 is 2.58 bits per heavy atom. The van der Waals surface area contributed by atoms with Crippen molar-refractivity contribution in [1.29, 1.82) is 0 Å². The first-order valence-corrected chi connectivity index (χ1v) is 7.83. The van der Waals surface area contributed by atoms with Crippen LogP contribution in [0, 0.1) is 13.8 Å². The van der Waals surface area contributed by atoms with Gasteiger partial charge in [-0.25, -0.2) is 13.1 Å². The van der Waals surface area contributed by atoms with Gasteiger partial charge in [0.25, 0.3) is 0 Å². The number of hydrogen-bond donors (Lipinski definition) is 1. The van der Waals surface area contributed by atoms with Crippen molar-refractivity contribution in [2.45, 2.75) is 25.3 Å². The molecular weight excluding hydrogens is 332 g/mol. The summed E-state index contributed by atoms with van der Waals surface area (Å²) >= 11 is 3.28. The van der Waals surface area contributed by atoms with E-state index in [9.17, 15) is 8.42 Å². The SMILES string of the molecule is Cc1cc(Br)cc(S(=O)(=O)NCc2cc(C)no2)c1. The lowest BCUT2D eigenvalue weighted by atomic mass is 10.2. The number of nitrogens with zero attached hydrogens (tertiary/aromatic N) is 1. The number of hydrogen-bond acceptors (Lipinski definition) is 4. The molecule has 0 amide bonds. The van der Waals surface area contributed by atoms with Crippen LogP contribution in [-0.4, -0.2) is 13.6 Å². The Balaban J connectivity index is 2.18. The summed E-state index contributed by atoms with van der Waals surface area (Å²) in [6, 6.07) is 6.70. The third-order valence-corrected chi connectivity index (χ3v) is 4.28. The van der Waals surface area contributed by atoms with Crippen LogP contribution >= 0.6 is 15.9 Å². The largest absolute Gasteiger partial charge is 0.360 e. The Bertz CT molecular complexity index is 675. The topological polar surface area (TPSA) is 72.2 Å². The van der Waals surface area contributed by atoms with Crippen molar-refractivity contribution in [3.63, 3.8) is 0 Å². The normalized spacial score (nSPS) is 11.7. The van der Waals surface area contributed by atoms with Gasteiger partial charge in [-0.2, -0.15) is 0 Å². The molecule has 0 atom stereocenters. The van der Waals surface area contributed by atoms with Gasteiger partial charge < -0.3 is 4.52 Å². The molecule has 0 saturated heterocycles. The molecule has 0 aliphatic heterocycles. The Kier molecular flexibility index (Phi) is 4.07. The van der Waals surface area contributed by atoms with Crippen molar-refractivity contribution in [2.24, 2.45) is 0 Å². The zero-order chi connectivity index (χ0) is 14.0. The number of benzene rings is 1. The van der Waals surface area contributed by atoms with E-state index in [1.54, 1.807) is 25.1 Å². The van der Waals surface area contributed by atoms with Crippen molar-refractivity contribution in [3.8, 4) is 0 Å². The minimum absolute atomic E-state index is 0.0781. The number of aromatic nitrogens is 1. The van der Waals surface area contributed by atoms with E-state index in [-0.39, 0.29) is 11.4 Å². The summed E-state index contributed by atoms with van der Waals surface area (Å²) in [4.78, 5) is 0.218. The molecule has 0 aliphatic carbocycles. The third-order valence-electron chi connectivity index (χ3n) is 2.44. The fraction of sp³-hybridized carbons (Fsp3) is 0.250. The van der Waals surface area contributed by atoms with E-state index in [1.807, 2.05) is 13.0 Å². The smallest absolute Gasteiger partial charge is 0.241 e. The van der Waals surface area contributed by atoms with Crippen molar-refractivity contribution in [2.75, 3.05) is 0 Å². The molecule has 7 heteroatoms. The zero-order valence-corrected chi connectivity index (χ0v) is 12.9. The Labute approximate surface area is 120 Å². The van der Waals surface area contributed by atoms with Crippen LogP contribution in [0.15, 0.2) is 38.2 Å². The molecule has 102 valence electrons. The fourth-order valence-corrected chi connectivity index (χ4v) is 3.49. The maximum absolute atomic E-state index is 12.1. The van der Waals surface area contributed by atoms with E-state index in [0.29, 0.717) is 11.5 Å². The summed E-state index contributed by atoms with van der Waals surface area (Å²) in [6.45, 7) is 3.69. The van der Waals surface area contributed by atoms with Crippen molar-refractivity contribution in [1.82, 2.24) is 9.88 Å². The second-order valence-corrected chi connectivity index (χ2v) is 6.91. The monoisotopic (exact) mass is 344 g/mol. The second kappa shape index (κ2) is 5.44. The Hall–Kier alpha value is -1.18. The number of rotatable bonds is 4. The molecule has 19 heavy (non-hydrogen) atoms. The summed E-state index contributed by atoms with van der Waals surface area (Å²) < 4.78 is 32.4. The highest BCUT2D eigenvalue weighted by atomic mass is 79.9. The van der Waals surface area contributed by atoms with Gasteiger partial charge >= 0.3 is 0 Å². The minimum Gasteiger partial charge on any atom is -0.360 e. The molecule has 0 radical (unpaired) electrons. The van der Waals surface area contributed by atoms with Gasteiger partial charge in [0.1, 0.15) is 0 Å². The molecule has 0 unspecified atom stereocenters. The summed E-state index contributed by atoms with van der Waals surface area (Å²) in [5.41, 5.74) is 1.58. The number of sulfonamides is 1. The van der Waals surface area contributed by atoms with Crippen LogP contribution in [-0.2, 0) is 16.6 Å². The molecule has 0 spiro atoms. The highest BCUT2D eigenvalue weighted by molar-refractivity contribution is 9.10. The third kappa shape index (κ3) is 3.65. The molecule has 2 aromatic rings. The second-order valence-electron chi connectivity index (χ2n) is 4.22. The van der Waals surface area contributed by atoms with Crippen molar-refractivity contribution < 1.29 is 12.9 Å². The molecule has 1 heterocycles. The van der Waals surface area contributed by atoms with Gasteiger partial charge in [-0.05, 0) is 37.6 Å². The van der Waals surface area contributed by atoms with E-state index in [2.05, 4.69) is 25.8 Å². The lowest BCUT2D eigenvalue weighted by molar-refractivity contribution is 0.377. The van der Waals surface area contributed by atoms with Gasteiger partial charge in [-0.1, -0.05) is 21.1 Å². The molecule has 1 aromatic carbocycles. The molecule has 1 aromatic heterocycles. The summed E-state index contributed by atoms with van der Waals surface area (Å²) in [5, 5.41) is 3.70. The molecular formula is C12H13BrN2O3S. The predicted molar refractivity (Wildman–Crippen MR) is 74.1 cm³/mol. The number of nitrogens with one attached hydrogen (secondary N) is 1. The molecule has 5 nitrogen and oxygen atoms in total. The molecule has 2 rings (SSSR count). The minimum atomic E-state index is -3.56. The summed E-state index contributed by atoms with van der Waals surface area (Å²) in [6.07, 6.45) is 0. The summed E-state index contributed by atoms with van der Waals surface area (Å²) in [7, 11) is -3.56. The van der Waals surface area contributed by atoms with Crippen LogP contribution in [0.25, 0.3) is 0 Å². The first-order valence-electron chi connectivity index (χ1n) is 5.56. The molecule has 0 fully saturated rings. The maximum Gasteiger partial charge on any atom is 0.241 e. The fourth-order valence-electron chi connectivity index (χ4n) is 1.61. The average Bonchev–Trinajstić information content (AvgIpc) is 2.71. The van der Waals surface area contributed by atoms with E-state index in [1.165, 1.54) is 0 Å². The van der Waals surface area contributed by atoms with Gasteiger partial charge in [-0.15, -0.1) is 0 Å². The van der Waals surface area contributed by atoms with Crippen molar-refractivity contribution >= 4 is 26.0 Å². The molecule has 0 aliphatic rings. The first kappa shape index (κ1) is 14.2. The zero-order valence-electron chi connectivity index (χ0n) is 10.5. The standard InChI is InChI=1S/C12H13BrN2O3S/c1-8-3-10(13)6-12(4-8)19(16,17)14-7-11-5-9(2)15-18-11/h3-6,14H,7H2,1-2H3. The lowest BCUT2D eigenvalue weighted by Gasteiger charge is -2.06. The quantitative estimate of drug-likeness (QED) is 0.924. The predicted octanol–water partition coefficient (Wildman–Crippen LogP) is 2.53. The van der Waals surface area contributed by atoms with Crippen molar-refractivity contribution in [3.05, 3.63) is 45.8 Å². The number of halogens is 1. The molecule has 1 N–H and O–H groups in total. The summed E-state index contributed by atoms with van der Waals surface area (Å²) in [5.74, 6) is 0.479. The van der Waals surface area contributed by atoms with Gasteiger partial charge in [0.05, 0.1) is 17.1 Å². The highest BCUT2D eigenvalue weighted by Gasteiger charge is 2.15. The first-order chi connectivity index (χ1) is 8.87. The van der Waals surface area contributed by atoms with Crippen LogP contribution in [0.1, 0.15) is 17.0 Å². The molecule has 0 bridgehead atoms. The van der Waals surface area contributed by atoms with E-state index >= 15 is 0 Å². The van der Waals surface area contributed by atoms with Crippen LogP contribution in [0.3, 0.4) is 0 Å². The van der Waals surface area contributed by atoms with E-state index in [0.717, 1.165) is 10.0 Å². The number of aryl methyl sites for hydroxylation is 2. The van der Waals surface area contributed by atoms with E-state index < -0.39 is 10.0 Å². The lowest BCUT2D eigenvalue weighted by Crippen LogP contribution is -2.23. The van der Waals surface area contributed by atoms with Crippen LogP contribution in [0.2, 0.25) is 0 Å². The average molecular weight is 345 g/mol. The van der Waals surface area contributed by atoms with Crippen LogP contribution in [0.5, 0.6) is 0 Å². The van der Waals surface area contributed by atoms with Gasteiger partial charge in [0.15, 0.2) is 5.76 Å². The maximum atomic E-state index is 12.1.